The third-order valence-corrected chi connectivity index (χ3v) is 10.5. The molecular weight excluding hydrogens is 669 g/mol. The van der Waals surface area contributed by atoms with E-state index in [-0.39, 0.29) is 50.8 Å². The van der Waals surface area contributed by atoms with Gasteiger partial charge in [-0.2, -0.15) is 0 Å². The van der Waals surface area contributed by atoms with Crippen LogP contribution in [0, 0.1) is 0 Å². The maximum atomic E-state index is 9.64. The first-order chi connectivity index (χ1) is 30.6. The number of benzene rings is 9. The van der Waals surface area contributed by atoms with Crippen molar-refractivity contribution in [1.82, 2.24) is 0 Å². The van der Waals surface area contributed by atoms with Gasteiger partial charge in [0.1, 0.15) is 11.2 Å². The van der Waals surface area contributed by atoms with E-state index in [1.807, 2.05) is 144 Å². The first kappa shape index (κ1) is 24.2. The highest BCUT2D eigenvalue weighted by atomic mass is 16.3. The minimum Gasteiger partial charge on any atom is -0.455 e. The monoisotopic (exact) mass is 710 g/mol. The average molecular weight is 711 g/mol. The Morgan fingerprint density at radius 3 is 1.96 bits per heavy atom. The summed E-state index contributed by atoms with van der Waals surface area (Å²) in [5, 5.41) is 2.56. The molecule has 0 spiro atoms. The third-order valence-electron chi connectivity index (χ3n) is 10.5. The number of furan rings is 1. The van der Waals surface area contributed by atoms with E-state index in [0.29, 0.717) is 34.6 Å². The lowest BCUT2D eigenvalue weighted by Crippen LogP contribution is -2.12. The second-order valence-corrected chi connectivity index (χ2v) is 13.7. The number of fused-ring (bicyclic) bond motifs is 7. The molecule has 2 heterocycles. The van der Waals surface area contributed by atoms with Crippen molar-refractivity contribution in [3.8, 4) is 22.3 Å². The van der Waals surface area contributed by atoms with Gasteiger partial charge in [-0.15, -0.1) is 0 Å². The van der Waals surface area contributed by atoms with Gasteiger partial charge in [0.25, 0.3) is 0 Å². The summed E-state index contributed by atoms with van der Waals surface area (Å²) in [5.41, 5.74) is 8.34. The Bertz CT molecular complexity index is 3570. The summed E-state index contributed by atoms with van der Waals surface area (Å²) < 4.78 is 79.6. The van der Waals surface area contributed by atoms with E-state index in [4.69, 9.17) is 16.3 Å². The van der Waals surface area contributed by atoms with Crippen molar-refractivity contribution in [2.24, 2.45) is 4.99 Å². The summed E-state index contributed by atoms with van der Waals surface area (Å²) >= 11 is 0. The van der Waals surface area contributed by atoms with Gasteiger partial charge in [0, 0.05) is 34.1 Å². The van der Waals surface area contributed by atoms with Gasteiger partial charge in [-0.1, -0.05) is 158 Å². The van der Waals surface area contributed by atoms with Gasteiger partial charge in [0.2, 0.25) is 0 Å². The standard InChI is InChI=1S/C52H34N2O/c1-3-13-34(14-4-1)36-25-28-41(29-26-36)54(42-30-27-35-15-7-8-18-38(35)31-42)51-49(40-24-23-39-32-46(53-47(39)33-40)37-16-5-2-6-17-37)43-19-9-10-20-44(43)52-50(51)45-21-11-12-22-48(45)55-52/h1-31,33H,32H2/i9D,10D,11D,12D,19D,20D,21D,22D. The summed E-state index contributed by atoms with van der Waals surface area (Å²) in [4.78, 5) is 7.12. The van der Waals surface area contributed by atoms with Crippen LogP contribution in [-0.2, 0) is 6.42 Å². The van der Waals surface area contributed by atoms with Gasteiger partial charge in [-0.05, 0) is 80.4 Å². The van der Waals surface area contributed by atoms with Crippen LogP contribution in [0.3, 0.4) is 0 Å². The minimum atomic E-state index is -0.479. The predicted octanol–water partition coefficient (Wildman–Crippen LogP) is 14.4. The molecule has 9 aromatic carbocycles. The van der Waals surface area contributed by atoms with Gasteiger partial charge in [0.05, 0.1) is 33.4 Å². The summed E-state index contributed by atoms with van der Waals surface area (Å²) in [6.07, 6.45) is 0.603. The highest BCUT2D eigenvalue weighted by Gasteiger charge is 2.28. The molecule has 3 nitrogen and oxygen atoms in total. The molecule has 0 N–H and O–H groups in total. The van der Waals surface area contributed by atoms with Crippen LogP contribution < -0.4 is 4.90 Å². The molecule has 55 heavy (non-hydrogen) atoms. The van der Waals surface area contributed by atoms with Gasteiger partial charge in [-0.25, -0.2) is 0 Å². The third kappa shape index (κ3) is 5.24. The Hall–Kier alpha value is -7.23. The SMILES string of the molecule is [2H]c1c([2H])c([2H])c2c(oc3c4c([2H])c([2H])c([2H])c([2H])c4c(-c4ccc5c(c4)N=C(c4ccccc4)C5)c(N(c4ccc(-c5ccccc5)cc4)c4ccc5ccccc5c4)c32)c1[2H]. The van der Waals surface area contributed by atoms with Crippen LogP contribution in [0.4, 0.5) is 22.7 Å². The predicted molar refractivity (Wildman–Crippen MR) is 231 cm³/mol. The van der Waals surface area contributed by atoms with Gasteiger partial charge >= 0.3 is 0 Å². The normalized spacial score (nSPS) is 14.4. The smallest absolute Gasteiger partial charge is 0.145 e. The second-order valence-electron chi connectivity index (χ2n) is 13.7. The van der Waals surface area contributed by atoms with E-state index in [2.05, 4.69) is 6.07 Å². The zero-order chi connectivity index (χ0) is 43.3. The molecule has 0 atom stereocenters. The summed E-state index contributed by atoms with van der Waals surface area (Å²) in [7, 11) is 0. The number of aliphatic imine (C=N–C) groups is 1. The first-order valence-corrected chi connectivity index (χ1v) is 18.2. The van der Waals surface area contributed by atoms with E-state index >= 15 is 0 Å². The molecule has 0 unspecified atom stereocenters. The lowest BCUT2D eigenvalue weighted by molar-refractivity contribution is 0.672. The van der Waals surface area contributed by atoms with Crippen LogP contribution in [0.1, 0.15) is 22.1 Å². The molecule has 0 radical (unpaired) electrons. The highest BCUT2D eigenvalue weighted by molar-refractivity contribution is 6.27. The summed E-state index contributed by atoms with van der Waals surface area (Å²) in [6, 6.07) is 44.8. The van der Waals surface area contributed by atoms with Crippen molar-refractivity contribution in [2.45, 2.75) is 6.42 Å². The van der Waals surface area contributed by atoms with E-state index in [1.54, 1.807) is 0 Å². The molecule has 3 heteroatoms. The van der Waals surface area contributed by atoms with Crippen LogP contribution >= 0.6 is 0 Å². The van der Waals surface area contributed by atoms with Crippen LogP contribution in [0.15, 0.2) is 203 Å². The van der Waals surface area contributed by atoms with E-state index in [1.165, 1.54) is 0 Å². The van der Waals surface area contributed by atoms with Crippen molar-refractivity contribution >= 4 is 71.9 Å². The molecule has 0 fully saturated rings. The quantitative estimate of drug-likeness (QED) is 0.172. The molecule has 258 valence electrons. The number of hydrogen-bond acceptors (Lipinski definition) is 3. The van der Waals surface area contributed by atoms with Gasteiger partial charge in [0.15, 0.2) is 0 Å². The molecule has 0 saturated carbocycles. The van der Waals surface area contributed by atoms with Crippen LogP contribution in [0.5, 0.6) is 0 Å². The number of hydrogen-bond donors (Lipinski definition) is 0. The first-order valence-electron chi connectivity index (χ1n) is 22.2. The van der Waals surface area contributed by atoms with Crippen LogP contribution in [-0.4, -0.2) is 5.71 Å². The largest absolute Gasteiger partial charge is 0.455 e. The van der Waals surface area contributed by atoms with Gasteiger partial charge in [-0.3, -0.25) is 4.99 Å². The lowest BCUT2D eigenvalue weighted by atomic mass is 9.90. The Kier molecular flexibility index (Phi) is 5.59. The van der Waals surface area contributed by atoms with Crippen molar-refractivity contribution in [1.29, 1.82) is 0 Å². The molecule has 0 amide bonds. The highest BCUT2D eigenvalue weighted by Crippen LogP contribution is 2.53. The topological polar surface area (TPSA) is 28.7 Å². The molecule has 1 aliphatic rings. The molecule has 0 saturated heterocycles. The molecule has 1 aromatic heterocycles. The molecule has 11 rings (SSSR count). The zero-order valence-electron chi connectivity index (χ0n) is 37.4. The Morgan fingerprint density at radius 2 is 1.16 bits per heavy atom. The van der Waals surface area contributed by atoms with Crippen molar-refractivity contribution in [3.05, 3.63) is 205 Å². The molecule has 10 aromatic rings. The van der Waals surface area contributed by atoms with Gasteiger partial charge < -0.3 is 9.32 Å². The number of anilines is 3. The Morgan fingerprint density at radius 1 is 0.527 bits per heavy atom. The second kappa shape index (κ2) is 12.7. The molecular formula is C52H34N2O. The Labute approximate surface area is 330 Å². The molecule has 0 bridgehead atoms. The van der Waals surface area contributed by atoms with E-state index in [9.17, 15) is 4.11 Å². The van der Waals surface area contributed by atoms with Crippen LogP contribution in [0.2, 0.25) is 0 Å². The lowest BCUT2D eigenvalue weighted by Gasteiger charge is -2.30. The molecule has 0 aliphatic carbocycles. The fourth-order valence-electron chi connectivity index (χ4n) is 7.93. The van der Waals surface area contributed by atoms with E-state index in [0.717, 1.165) is 44.4 Å². The summed E-state index contributed by atoms with van der Waals surface area (Å²) in [5.74, 6) is 0. The number of rotatable bonds is 6. The van der Waals surface area contributed by atoms with Crippen molar-refractivity contribution in [2.75, 3.05) is 4.90 Å². The fourth-order valence-corrected chi connectivity index (χ4v) is 7.93. The maximum absolute atomic E-state index is 9.64. The Balaban J connectivity index is 1.34. The van der Waals surface area contributed by atoms with Crippen LogP contribution in [0.25, 0.3) is 65.7 Å². The number of nitrogens with zero attached hydrogens (tertiary/aromatic N) is 2. The maximum Gasteiger partial charge on any atom is 0.145 e. The van der Waals surface area contributed by atoms with Crippen molar-refractivity contribution < 1.29 is 15.4 Å². The summed E-state index contributed by atoms with van der Waals surface area (Å²) in [6.45, 7) is 0. The van der Waals surface area contributed by atoms with E-state index < -0.39 is 30.2 Å². The minimum absolute atomic E-state index is 0.0231. The number of para-hydroxylation sites is 1. The van der Waals surface area contributed by atoms with Crippen molar-refractivity contribution in [3.63, 3.8) is 0 Å². The molecule has 1 aliphatic heterocycles. The zero-order valence-corrected chi connectivity index (χ0v) is 29.4. The fraction of sp³-hybridized carbons (Fsp3) is 0.0192. The average Bonchev–Trinajstić information content (AvgIpc) is 3.94.